The fourth-order valence-corrected chi connectivity index (χ4v) is 7.72. The predicted octanol–water partition coefficient (Wildman–Crippen LogP) is 4.39. The Morgan fingerprint density at radius 1 is 1.05 bits per heavy atom. The molecule has 0 unspecified atom stereocenters. The van der Waals surface area contributed by atoms with Crippen molar-refractivity contribution in [3.8, 4) is 0 Å². The van der Waals surface area contributed by atoms with Crippen LogP contribution in [0.1, 0.15) is 65.2 Å². The first-order valence-corrected chi connectivity index (χ1v) is 9.89. The summed E-state index contributed by atoms with van der Waals surface area (Å²) in [6.07, 6.45) is 8.41. The van der Waals surface area contributed by atoms with Crippen molar-refractivity contribution in [2.24, 2.45) is 28.6 Å². The van der Waals surface area contributed by atoms with Gasteiger partial charge >= 0.3 is 0 Å². The molecular weight excluding hydrogens is 340 g/mol. The minimum absolute atomic E-state index is 0.120. The van der Waals surface area contributed by atoms with Gasteiger partial charge in [-0.2, -0.15) is 0 Å². The van der Waals surface area contributed by atoms with E-state index in [1.54, 1.807) is 0 Å². The molecule has 3 fully saturated rings. The number of aliphatic hydroxyl groups is 2. The third kappa shape index (κ3) is 1.97. The number of allylic oxidation sites excluding steroid dienone is 1. The molecule has 3 heteroatoms. The lowest BCUT2D eigenvalue weighted by atomic mass is 9.47. The van der Waals surface area contributed by atoms with Crippen LogP contribution in [0.3, 0.4) is 0 Å². The number of hydrogen-bond acceptors (Lipinski definition) is 2. The number of aliphatic hydroxyl groups excluding tert-OH is 2. The van der Waals surface area contributed by atoms with Gasteiger partial charge in [0.15, 0.2) is 0 Å². The summed E-state index contributed by atoms with van der Waals surface area (Å²) in [6, 6.07) is 0. The van der Waals surface area contributed by atoms with Gasteiger partial charge < -0.3 is 10.2 Å². The Hall–Kier alpha value is 0.140. The lowest BCUT2D eigenvalue weighted by Gasteiger charge is -2.59. The molecule has 4 aliphatic carbocycles. The summed E-state index contributed by atoms with van der Waals surface area (Å²) in [5.41, 5.74) is 1.74. The monoisotopic (exact) mass is 368 g/mol. The van der Waals surface area contributed by atoms with Crippen LogP contribution in [0.5, 0.6) is 0 Å². The standard InChI is InChI=1S/C19H29BrO2/c1-18-6-3-4-13(18)12-10-16(20)15-8-11(21)9-17(22)19(15,2)14(12)5-7-18/h11-14,17,21-22H,3-10H2,1-2H3/t11-,12+,13+,14+,17-,18+,19-/m1/s1. The van der Waals surface area contributed by atoms with E-state index < -0.39 is 6.10 Å². The summed E-state index contributed by atoms with van der Waals surface area (Å²) in [7, 11) is 0. The average Bonchev–Trinajstić information content (AvgIpc) is 2.84. The van der Waals surface area contributed by atoms with Gasteiger partial charge in [-0.05, 0) is 71.7 Å². The Morgan fingerprint density at radius 2 is 1.82 bits per heavy atom. The van der Waals surface area contributed by atoms with Gasteiger partial charge in [-0.3, -0.25) is 0 Å². The zero-order chi connectivity index (χ0) is 15.7. The van der Waals surface area contributed by atoms with Crippen LogP contribution in [0.2, 0.25) is 0 Å². The normalized spacial score (nSPS) is 54.7. The highest BCUT2D eigenvalue weighted by Crippen LogP contribution is 2.66. The van der Waals surface area contributed by atoms with Crippen molar-refractivity contribution >= 4 is 15.9 Å². The SMILES string of the molecule is C[C@@]12CCC[C@H]1[C@@H]1CC(Br)=C3C[C@@H](O)C[C@@H](O)[C@]3(C)[C@H]1CC2. The van der Waals surface area contributed by atoms with E-state index >= 15 is 0 Å². The molecule has 22 heavy (non-hydrogen) atoms. The van der Waals surface area contributed by atoms with E-state index in [0.29, 0.717) is 23.7 Å². The first-order chi connectivity index (χ1) is 10.4. The Labute approximate surface area is 142 Å². The Bertz CT molecular complexity index is 516. The van der Waals surface area contributed by atoms with Crippen molar-refractivity contribution < 1.29 is 10.2 Å². The highest BCUT2D eigenvalue weighted by molar-refractivity contribution is 9.11. The van der Waals surface area contributed by atoms with E-state index in [2.05, 4.69) is 29.8 Å². The van der Waals surface area contributed by atoms with Crippen LogP contribution in [0.25, 0.3) is 0 Å². The number of rotatable bonds is 0. The maximum Gasteiger partial charge on any atom is 0.0658 e. The molecule has 0 heterocycles. The smallest absolute Gasteiger partial charge is 0.0658 e. The van der Waals surface area contributed by atoms with E-state index in [9.17, 15) is 10.2 Å². The molecule has 0 radical (unpaired) electrons. The van der Waals surface area contributed by atoms with E-state index in [1.807, 2.05) is 0 Å². The lowest BCUT2D eigenvalue weighted by molar-refractivity contribution is -0.0997. The number of fused-ring (bicyclic) bond motifs is 5. The number of halogens is 1. The maximum atomic E-state index is 10.9. The zero-order valence-electron chi connectivity index (χ0n) is 13.8. The molecule has 3 saturated carbocycles. The quantitative estimate of drug-likeness (QED) is 0.665. The lowest BCUT2D eigenvalue weighted by Crippen LogP contribution is -2.55. The van der Waals surface area contributed by atoms with Crippen LogP contribution < -0.4 is 0 Å². The summed E-state index contributed by atoms with van der Waals surface area (Å²) in [4.78, 5) is 0. The minimum atomic E-state index is -0.391. The van der Waals surface area contributed by atoms with Gasteiger partial charge in [0.1, 0.15) is 0 Å². The highest BCUT2D eigenvalue weighted by atomic mass is 79.9. The van der Waals surface area contributed by atoms with Crippen LogP contribution in [0.15, 0.2) is 10.1 Å². The van der Waals surface area contributed by atoms with Crippen molar-refractivity contribution in [3.05, 3.63) is 10.1 Å². The van der Waals surface area contributed by atoms with Gasteiger partial charge in [-0.25, -0.2) is 0 Å². The molecule has 4 rings (SSSR count). The third-order valence-electron chi connectivity index (χ3n) is 8.01. The second kappa shape index (κ2) is 5.07. The van der Waals surface area contributed by atoms with Gasteiger partial charge in [0.2, 0.25) is 0 Å². The van der Waals surface area contributed by atoms with Gasteiger partial charge in [-0.15, -0.1) is 0 Å². The highest BCUT2D eigenvalue weighted by Gasteiger charge is 2.59. The topological polar surface area (TPSA) is 40.5 Å². The van der Waals surface area contributed by atoms with Crippen LogP contribution in [-0.4, -0.2) is 22.4 Å². The summed E-state index contributed by atoms with van der Waals surface area (Å²) in [5, 5.41) is 21.0. The molecule has 4 aliphatic rings. The Morgan fingerprint density at radius 3 is 2.59 bits per heavy atom. The molecule has 0 aromatic carbocycles. The van der Waals surface area contributed by atoms with Crippen molar-refractivity contribution in [1.29, 1.82) is 0 Å². The van der Waals surface area contributed by atoms with Crippen LogP contribution in [-0.2, 0) is 0 Å². The fraction of sp³-hybridized carbons (Fsp3) is 0.895. The van der Waals surface area contributed by atoms with E-state index in [-0.39, 0.29) is 11.5 Å². The molecule has 0 saturated heterocycles. The first kappa shape index (κ1) is 15.7. The van der Waals surface area contributed by atoms with Crippen LogP contribution >= 0.6 is 15.9 Å². The van der Waals surface area contributed by atoms with Gasteiger partial charge in [0, 0.05) is 11.8 Å². The molecule has 2 N–H and O–H groups in total. The summed E-state index contributed by atoms with van der Waals surface area (Å²) >= 11 is 3.85. The van der Waals surface area contributed by atoms with E-state index in [1.165, 1.54) is 42.2 Å². The molecule has 0 bridgehead atoms. The van der Waals surface area contributed by atoms with Crippen LogP contribution in [0.4, 0.5) is 0 Å². The second-order valence-corrected chi connectivity index (χ2v) is 9.90. The maximum absolute atomic E-state index is 10.9. The molecule has 2 nitrogen and oxygen atoms in total. The first-order valence-electron chi connectivity index (χ1n) is 9.10. The molecule has 0 aliphatic heterocycles. The van der Waals surface area contributed by atoms with Gasteiger partial charge in [0.25, 0.3) is 0 Å². The van der Waals surface area contributed by atoms with E-state index in [0.717, 1.165) is 18.8 Å². The predicted molar refractivity (Wildman–Crippen MR) is 91.6 cm³/mol. The molecule has 0 aromatic heterocycles. The van der Waals surface area contributed by atoms with E-state index in [4.69, 9.17) is 0 Å². The van der Waals surface area contributed by atoms with Crippen LogP contribution in [0, 0.1) is 28.6 Å². The third-order valence-corrected chi connectivity index (χ3v) is 8.81. The summed E-state index contributed by atoms with van der Waals surface area (Å²) in [6.45, 7) is 4.80. The molecular formula is C19H29BrO2. The minimum Gasteiger partial charge on any atom is -0.393 e. The van der Waals surface area contributed by atoms with Crippen molar-refractivity contribution in [2.45, 2.75) is 77.4 Å². The molecule has 0 spiro atoms. The fourth-order valence-electron chi connectivity index (χ4n) is 6.76. The Balaban J connectivity index is 1.77. The van der Waals surface area contributed by atoms with Gasteiger partial charge in [0.05, 0.1) is 12.2 Å². The Kier molecular flexibility index (Phi) is 3.61. The average molecular weight is 369 g/mol. The molecule has 7 atom stereocenters. The van der Waals surface area contributed by atoms with Crippen molar-refractivity contribution in [2.75, 3.05) is 0 Å². The van der Waals surface area contributed by atoms with Crippen molar-refractivity contribution in [1.82, 2.24) is 0 Å². The second-order valence-electron chi connectivity index (χ2n) is 8.94. The largest absolute Gasteiger partial charge is 0.393 e. The van der Waals surface area contributed by atoms with Crippen molar-refractivity contribution in [3.63, 3.8) is 0 Å². The van der Waals surface area contributed by atoms with Gasteiger partial charge in [-0.1, -0.05) is 36.2 Å². The molecule has 0 aromatic rings. The number of hydrogen-bond donors (Lipinski definition) is 2. The molecule has 0 amide bonds. The summed E-state index contributed by atoms with van der Waals surface area (Å²) in [5.74, 6) is 2.15. The zero-order valence-corrected chi connectivity index (χ0v) is 15.4. The summed E-state index contributed by atoms with van der Waals surface area (Å²) < 4.78 is 1.30. The molecule has 124 valence electrons.